The highest BCUT2D eigenvalue weighted by Crippen LogP contribution is 2.29. The molecule has 3 heterocycles. The summed E-state index contributed by atoms with van der Waals surface area (Å²) in [5.41, 5.74) is 2.84. The normalized spacial score (nSPS) is 11.1. The topological polar surface area (TPSA) is 67.8 Å². The first-order chi connectivity index (χ1) is 14.6. The summed E-state index contributed by atoms with van der Waals surface area (Å²) in [6.45, 7) is 0. The summed E-state index contributed by atoms with van der Waals surface area (Å²) in [5.74, 6) is -2.32. The molecule has 5 rings (SSSR count). The van der Waals surface area contributed by atoms with Gasteiger partial charge in [-0.15, -0.1) is 0 Å². The Hall–Kier alpha value is -3.78. The number of benzene rings is 2. The maximum absolute atomic E-state index is 13.5. The standard InChI is InChI=1S/C22H12F2N4OS/c23-15-10-19-20(11-16(15)24)30-22(27-19)28-21(29)14-9-18(12-5-7-25-8-6-12)26-17-4-2-1-3-13(14)17/h1-11H,(H,27,28,29). The second-order valence-corrected chi connectivity index (χ2v) is 7.55. The monoisotopic (exact) mass is 418 g/mol. The Labute approximate surface area is 173 Å². The summed E-state index contributed by atoms with van der Waals surface area (Å²) in [4.78, 5) is 25.9. The van der Waals surface area contributed by atoms with Crippen LogP contribution in [-0.4, -0.2) is 20.9 Å². The van der Waals surface area contributed by atoms with Crippen LogP contribution in [0.3, 0.4) is 0 Å². The minimum absolute atomic E-state index is 0.256. The SMILES string of the molecule is O=C(Nc1nc2cc(F)c(F)cc2s1)c1cc(-c2ccncc2)nc2ccccc12. The van der Waals surface area contributed by atoms with E-state index in [1.165, 1.54) is 0 Å². The van der Waals surface area contributed by atoms with Crippen molar-refractivity contribution in [3.63, 3.8) is 0 Å². The predicted octanol–water partition coefficient (Wildman–Crippen LogP) is 5.44. The largest absolute Gasteiger partial charge is 0.298 e. The zero-order valence-corrected chi connectivity index (χ0v) is 16.1. The fourth-order valence-electron chi connectivity index (χ4n) is 3.18. The summed E-state index contributed by atoms with van der Waals surface area (Å²) < 4.78 is 27.4. The van der Waals surface area contributed by atoms with Gasteiger partial charge in [-0.1, -0.05) is 29.5 Å². The van der Waals surface area contributed by atoms with Crippen LogP contribution in [0.15, 0.2) is 67.0 Å². The van der Waals surface area contributed by atoms with Crippen LogP contribution in [0.25, 0.3) is 32.4 Å². The number of nitrogens with zero attached hydrogens (tertiary/aromatic N) is 3. The Morgan fingerprint density at radius 1 is 0.900 bits per heavy atom. The molecule has 5 nitrogen and oxygen atoms in total. The van der Waals surface area contributed by atoms with Crippen molar-refractivity contribution in [2.24, 2.45) is 0 Å². The van der Waals surface area contributed by atoms with Crippen LogP contribution in [0, 0.1) is 11.6 Å². The third-order valence-corrected chi connectivity index (χ3v) is 5.52. The molecule has 2 aromatic carbocycles. The summed E-state index contributed by atoms with van der Waals surface area (Å²) in [6.07, 6.45) is 3.32. The first-order valence-electron chi connectivity index (χ1n) is 8.95. The number of amides is 1. The Morgan fingerprint density at radius 2 is 1.67 bits per heavy atom. The van der Waals surface area contributed by atoms with Gasteiger partial charge < -0.3 is 0 Å². The van der Waals surface area contributed by atoms with Gasteiger partial charge in [0.2, 0.25) is 0 Å². The third-order valence-electron chi connectivity index (χ3n) is 4.59. The molecular formula is C22H12F2N4OS. The zero-order chi connectivity index (χ0) is 20.7. The van der Waals surface area contributed by atoms with E-state index in [1.807, 2.05) is 36.4 Å². The highest BCUT2D eigenvalue weighted by atomic mass is 32.1. The highest BCUT2D eigenvalue weighted by Gasteiger charge is 2.16. The van der Waals surface area contributed by atoms with Gasteiger partial charge in [0.15, 0.2) is 16.8 Å². The molecule has 0 saturated carbocycles. The quantitative estimate of drug-likeness (QED) is 0.424. The lowest BCUT2D eigenvalue weighted by atomic mass is 10.0. The van der Waals surface area contributed by atoms with E-state index in [0.717, 1.165) is 29.0 Å². The number of pyridine rings is 2. The minimum Gasteiger partial charge on any atom is -0.298 e. The van der Waals surface area contributed by atoms with E-state index in [0.29, 0.717) is 26.9 Å². The Morgan fingerprint density at radius 3 is 2.50 bits per heavy atom. The first kappa shape index (κ1) is 18.3. The van der Waals surface area contributed by atoms with Gasteiger partial charge in [-0.2, -0.15) is 0 Å². The molecule has 0 bridgehead atoms. The number of thiazole rings is 1. The van der Waals surface area contributed by atoms with Gasteiger partial charge >= 0.3 is 0 Å². The van der Waals surface area contributed by atoms with E-state index in [2.05, 4.69) is 20.3 Å². The number of fused-ring (bicyclic) bond motifs is 2. The van der Waals surface area contributed by atoms with Crippen LogP contribution in [0.4, 0.5) is 13.9 Å². The maximum Gasteiger partial charge on any atom is 0.258 e. The van der Waals surface area contributed by atoms with Gasteiger partial charge in [0.05, 0.1) is 27.0 Å². The Bertz CT molecular complexity index is 1380. The molecule has 0 saturated heterocycles. The number of rotatable bonds is 3. The fraction of sp³-hybridized carbons (Fsp3) is 0. The number of para-hydroxylation sites is 1. The van der Waals surface area contributed by atoms with Crippen molar-refractivity contribution in [2.75, 3.05) is 5.32 Å². The molecule has 0 aliphatic rings. The van der Waals surface area contributed by atoms with Gasteiger partial charge in [0.25, 0.3) is 5.91 Å². The van der Waals surface area contributed by atoms with E-state index in [-0.39, 0.29) is 16.6 Å². The van der Waals surface area contributed by atoms with Gasteiger partial charge in [-0.25, -0.2) is 18.7 Å². The molecule has 0 radical (unpaired) electrons. The summed E-state index contributed by atoms with van der Waals surface area (Å²) in [6, 6.07) is 14.8. The second-order valence-electron chi connectivity index (χ2n) is 6.52. The number of carbonyl (C=O) groups is 1. The van der Waals surface area contributed by atoms with Crippen molar-refractivity contribution in [3.05, 3.63) is 84.2 Å². The predicted molar refractivity (Wildman–Crippen MR) is 112 cm³/mol. The summed E-state index contributed by atoms with van der Waals surface area (Å²) >= 11 is 1.08. The fourth-order valence-corrected chi connectivity index (χ4v) is 4.04. The molecule has 0 aliphatic heterocycles. The molecular weight excluding hydrogens is 406 g/mol. The van der Waals surface area contributed by atoms with E-state index in [9.17, 15) is 13.6 Å². The number of carbonyl (C=O) groups excluding carboxylic acids is 1. The number of nitrogens with one attached hydrogen (secondary N) is 1. The molecule has 1 amide bonds. The van der Waals surface area contributed by atoms with Crippen molar-refractivity contribution < 1.29 is 13.6 Å². The van der Waals surface area contributed by atoms with Crippen LogP contribution in [0.1, 0.15) is 10.4 Å². The van der Waals surface area contributed by atoms with Crippen LogP contribution >= 0.6 is 11.3 Å². The van der Waals surface area contributed by atoms with E-state index in [4.69, 9.17) is 0 Å². The molecule has 0 unspecified atom stereocenters. The summed E-state index contributed by atoms with van der Waals surface area (Å²) in [5, 5.41) is 3.68. The molecule has 0 atom stereocenters. The van der Waals surface area contributed by atoms with E-state index < -0.39 is 11.6 Å². The van der Waals surface area contributed by atoms with E-state index >= 15 is 0 Å². The van der Waals surface area contributed by atoms with Gasteiger partial charge in [-0.05, 0) is 30.3 Å². The molecule has 0 spiro atoms. The molecule has 3 aromatic heterocycles. The number of halogens is 2. The van der Waals surface area contributed by atoms with Gasteiger partial charge in [0.1, 0.15) is 0 Å². The number of aromatic nitrogens is 3. The smallest absolute Gasteiger partial charge is 0.258 e. The van der Waals surface area contributed by atoms with Gasteiger partial charge in [0, 0.05) is 29.4 Å². The number of hydrogen-bond acceptors (Lipinski definition) is 5. The van der Waals surface area contributed by atoms with Crippen LogP contribution in [-0.2, 0) is 0 Å². The lowest BCUT2D eigenvalue weighted by Crippen LogP contribution is -2.13. The van der Waals surface area contributed by atoms with E-state index in [1.54, 1.807) is 18.5 Å². The van der Waals surface area contributed by atoms with Crippen LogP contribution < -0.4 is 5.32 Å². The minimum atomic E-state index is -0.979. The third kappa shape index (κ3) is 3.27. The second kappa shape index (κ2) is 7.23. The maximum atomic E-state index is 13.5. The Kier molecular flexibility index (Phi) is 4.40. The molecule has 146 valence electrons. The van der Waals surface area contributed by atoms with Crippen molar-refractivity contribution >= 4 is 43.5 Å². The van der Waals surface area contributed by atoms with Crippen molar-refractivity contribution in [2.45, 2.75) is 0 Å². The van der Waals surface area contributed by atoms with Crippen LogP contribution in [0.5, 0.6) is 0 Å². The average Bonchev–Trinajstić information content (AvgIpc) is 3.14. The summed E-state index contributed by atoms with van der Waals surface area (Å²) in [7, 11) is 0. The lowest BCUT2D eigenvalue weighted by molar-refractivity contribution is 0.102. The van der Waals surface area contributed by atoms with Crippen LogP contribution in [0.2, 0.25) is 0 Å². The van der Waals surface area contributed by atoms with Crippen molar-refractivity contribution in [1.82, 2.24) is 15.0 Å². The first-order valence-corrected chi connectivity index (χ1v) is 9.77. The number of anilines is 1. The Balaban J connectivity index is 1.57. The number of hydrogen-bond donors (Lipinski definition) is 1. The highest BCUT2D eigenvalue weighted by molar-refractivity contribution is 7.22. The molecule has 0 fully saturated rings. The molecule has 0 aliphatic carbocycles. The molecule has 1 N–H and O–H groups in total. The lowest BCUT2D eigenvalue weighted by Gasteiger charge is -2.09. The zero-order valence-electron chi connectivity index (χ0n) is 15.3. The molecule has 30 heavy (non-hydrogen) atoms. The average molecular weight is 418 g/mol. The van der Waals surface area contributed by atoms with Crippen molar-refractivity contribution in [3.8, 4) is 11.3 Å². The molecule has 8 heteroatoms. The van der Waals surface area contributed by atoms with Gasteiger partial charge in [-0.3, -0.25) is 15.1 Å². The van der Waals surface area contributed by atoms with Crippen molar-refractivity contribution in [1.29, 1.82) is 0 Å². The molecule has 5 aromatic rings.